The molecule has 1 aromatic heterocycles. The fourth-order valence-electron chi connectivity index (χ4n) is 1.45. The molecule has 20 heavy (non-hydrogen) atoms. The number of halogens is 1. The van der Waals surface area contributed by atoms with Gasteiger partial charge in [0.05, 0.1) is 4.92 Å². The number of nitrogens with zero attached hydrogens (tertiary/aromatic N) is 3. The minimum Gasteiger partial charge on any atom is -0.354 e. The van der Waals surface area contributed by atoms with Crippen LogP contribution in [0.3, 0.4) is 0 Å². The Labute approximate surface area is 124 Å². The van der Waals surface area contributed by atoms with Gasteiger partial charge in [-0.15, -0.1) is 0 Å². The Balaban J connectivity index is 2.36. The molecule has 0 amide bonds. The molecule has 0 radical (unpaired) electrons. The van der Waals surface area contributed by atoms with E-state index in [0.717, 1.165) is 4.90 Å². The number of anilines is 1. The fourth-order valence-corrected chi connectivity index (χ4v) is 2.62. The molecule has 1 N–H and O–H groups in total. The molecular weight excluding hydrogens is 300 g/mol. The molecule has 6 nitrogen and oxygen atoms in total. The van der Waals surface area contributed by atoms with Gasteiger partial charge >= 0.3 is 5.69 Å². The highest BCUT2D eigenvalue weighted by Gasteiger charge is 2.18. The Bertz CT molecular complexity index is 639. The standard InChI is InChI=1S/C12H11ClN4O2S/c1-2-14-12-15-7-10(17(18)19)11(16-12)20-9-5-3-4-8(13)6-9/h3-7H,2H2,1H3,(H,14,15,16). The van der Waals surface area contributed by atoms with Crippen molar-refractivity contribution in [2.24, 2.45) is 0 Å². The third kappa shape index (κ3) is 3.58. The summed E-state index contributed by atoms with van der Waals surface area (Å²) in [6.07, 6.45) is 1.21. The molecule has 0 aliphatic rings. The second kappa shape index (κ2) is 6.53. The number of rotatable bonds is 5. The molecule has 1 heterocycles. The summed E-state index contributed by atoms with van der Waals surface area (Å²) in [5, 5.41) is 14.8. The fraction of sp³-hybridized carbons (Fsp3) is 0.167. The first-order chi connectivity index (χ1) is 9.60. The van der Waals surface area contributed by atoms with Crippen LogP contribution < -0.4 is 5.32 Å². The van der Waals surface area contributed by atoms with E-state index in [9.17, 15) is 10.1 Å². The molecule has 0 saturated heterocycles. The van der Waals surface area contributed by atoms with Crippen molar-refractivity contribution >= 4 is 35.0 Å². The van der Waals surface area contributed by atoms with E-state index in [-0.39, 0.29) is 10.7 Å². The van der Waals surface area contributed by atoms with E-state index in [4.69, 9.17) is 11.6 Å². The van der Waals surface area contributed by atoms with Gasteiger partial charge in [-0.05, 0) is 25.1 Å². The number of benzene rings is 1. The van der Waals surface area contributed by atoms with Crippen LogP contribution >= 0.6 is 23.4 Å². The van der Waals surface area contributed by atoms with E-state index in [1.807, 2.05) is 13.0 Å². The number of nitro groups is 1. The first kappa shape index (κ1) is 14.5. The molecule has 1 aromatic carbocycles. The lowest BCUT2D eigenvalue weighted by atomic mass is 10.4. The minimum absolute atomic E-state index is 0.128. The molecule has 0 aliphatic heterocycles. The summed E-state index contributed by atoms with van der Waals surface area (Å²) in [5.41, 5.74) is -0.128. The number of nitrogens with one attached hydrogen (secondary N) is 1. The summed E-state index contributed by atoms with van der Waals surface area (Å²) in [5.74, 6) is 0.364. The Kier molecular flexibility index (Phi) is 4.75. The molecule has 0 atom stereocenters. The quantitative estimate of drug-likeness (QED) is 0.516. The van der Waals surface area contributed by atoms with Gasteiger partial charge in [0.15, 0.2) is 5.03 Å². The lowest BCUT2D eigenvalue weighted by Gasteiger charge is -2.05. The minimum atomic E-state index is -0.497. The molecule has 0 aliphatic carbocycles. The summed E-state index contributed by atoms with van der Waals surface area (Å²) in [4.78, 5) is 19.4. The number of aromatic nitrogens is 2. The highest BCUT2D eigenvalue weighted by molar-refractivity contribution is 7.99. The average Bonchev–Trinajstić information content (AvgIpc) is 2.39. The molecule has 2 rings (SSSR count). The summed E-state index contributed by atoms with van der Waals surface area (Å²) in [7, 11) is 0. The van der Waals surface area contributed by atoms with E-state index < -0.39 is 4.92 Å². The van der Waals surface area contributed by atoms with Gasteiger partial charge in [-0.1, -0.05) is 29.4 Å². The van der Waals surface area contributed by atoms with Crippen LogP contribution in [-0.2, 0) is 0 Å². The maximum atomic E-state index is 11.0. The molecule has 0 fully saturated rings. The van der Waals surface area contributed by atoms with Crippen molar-refractivity contribution in [3.05, 3.63) is 45.6 Å². The van der Waals surface area contributed by atoms with Crippen molar-refractivity contribution in [3.8, 4) is 0 Å². The third-order valence-corrected chi connectivity index (χ3v) is 3.50. The highest BCUT2D eigenvalue weighted by Crippen LogP contribution is 2.34. The second-order valence-electron chi connectivity index (χ2n) is 3.73. The maximum absolute atomic E-state index is 11.0. The zero-order valence-corrected chi connectivity index (χ0v) is 12.1. The maximum Gasteiger partial charge on any atom is 0.320 e. The molecular formula is C12H11ClN4O2S. The monoisotopic (exact) mass is 310 g/mol. The van der Waals surface area contributed by atoms with Crippen molar-refractivity contribution < 1.29 is 4.92 Å². The van der Waals surface area contributed by atoms with Crippen LogP contribution in [0, 0.1) is 10.1 Å². The Hall–Kier alpha value is -1.86. The van der Waals surface area contributed by atoms with Gasteiger partial charge in [0.1, 0.15) is 6.20 Å². The highest BCUT2D eigenvalue weighted by atomic mass is 35.5. The Morgan fingerprint density at radius 1 is 1.50 bits per heavy atom. The third-order valence-electron chi connectivity index (χ3n) is 2.28. The van der Waals surface area contributed by atoms with Crippen LogP contribution in [0.15, 0.2) is 40.4 Å². The molecule has 0 bridgehead atoms. The van der Waals surface area contributed by atoms with E-state index in [0.29, 0.717) is 17.5 Å². The zero-order valence-electron chi connectivity index (χ0n) is 10.5. The van der Waals surface area contributed by atoms with Crippen molar-refractivity contribution in [2.75, 3.05) is 11.9 Å². The smallest absolute Gasteiger partial charge is 0.320 e. The molecule has 8 heteroatoms. The van der Waals surface area contributed by atoms with Gasteiger partial charge in [-0.3, -0.25) is 10.1 Å². The second-order valence-corrected chi connectivity index (χ2v) is 5.23. The van der Waals surface area contributed by atoms with Crippen molar-refractivity contribution in [1.29, 1.82) is 0 Å². The Morgan fingerprint density at radius 3 is 2.95 bits per heavy atom. The summed E-state index contributed by atoms with van der Waals surface area (Å²) in [6.45, 7) is 2.54. The van der Waals surface area contributed by atoms with Crippen LogP contribution in [0.5, 0.6) is 0 Å². The predicted octanol–water partition coefficient (Wildman–Crippen LogP) is 3.62. The number of hydrogen-bond acceptors (Lipinski definition) is 6. The first-order valence-electron chi connectivity index (χ1n) is 5.79. The van der Waals surface area contributed by atoms with Gasteiger partial charge in [0, 0.05) is 16.5 Å². The largest absolute Gasteiger partial charge is 0.354 e. The van der Waals surface area contributed by atoms with Gasteiger partial charge in [-0.25, -0.2) is 4.98 Å². The lowest BCUT2D eigenvalue weighted by Crippen LogP contribution is -2.04. The van der Waals surface area contributed by atoms with Gasteiger partial charge < -0.3 is 5.32 Å². The average molecular weight is 311 g/mol. The summed E-state index contributed by atoms with van der Waals surface area (Å²) in [6, 6.07) is 7.06. The van der Waals surface area contributed by atoms with E-state index in [2.05, 4.69) is 15.3 Å². The molecule has 0 saturated carbocycles. The van der Waals surface area contributed by atoms with Crippen molar-refractivity contribution in [2.45, 2.75) is 16.8 Å². The van der Waals surface area contributed by atoms with Crippen molar-refractivity contribution in [1.82, 2.24) is 9.97 Å². The SMILES string of the molecule is CCNc1ncc([N+](=O)[O-])c(Sc2cccc(Cl)c2)n1. The molecule has 2 aromatic rings. The van der Waals surface area contributed by atoms with Crippen LogP contribution in [0.25, 0.3) is 0 Å². The normalized spacial score (nSPS) is 10.3. The van der Waals surface area contributed by atoms with E-state index >= 15 is 0 Å². The zero-order chi connectivity index (χ0) is 14.5. The molecule has 0 unspecified atom stereocenters. The summed E-state index contributed by atoms with van der Waals surface area (Å²) >= 11 is 7.08. The van der Waals surface area contributed by atoms with Crippen LogP contribution in [0.2, 0.25) is 5.02 Å². The van der Waals surface area contributed by atoms with E-state index in [1.165, 1.54) is 18.0 Å². The first-order valence-corrected chi connectivity index (χ1v) is 6.98. The van der Waals surface area contributed by atoms with Crippen LogP contribution in [-0.4, -0.2) is 21.4 Å². The summed E-state index contributed by atoms with van der Waals surface area (Å²) < 4.78 is 0. The van der Waals surface area contributed by atoms with Gasteiger partial charge in [0.2, 0.25) is 5.95 Å². The number of hydrogen-bond donors (Lipinski definition) is 1. The van der Waals surface area contributed by atoms with Crippen LogP contribution in [0.1, 0.15) is 6.92 Å². The van der Waals surface area contributed by atoms with Gasteiger partial charge in [0.25, 0.3) is 0 Å². The Morgan fingerprint density at radius 2 is 2.30 bits per heavy atom. The van der Waals surface area contributed by atoms with E-state index in [1.54, 1.807) is 18.2 Å². The molecule has 104 valence electrons. The predicted molar refractivity (Wildman–Crippen MR) is 78.4 cm³/mol. The topological polar surface area (TPSA) is 81.0 Å². The lowest BCUT2D eigenvalue weighted by molar-refractivity contribution is -0.388. The van der Waals surface area contributed by atoms with Crippen molar-refractivity contribution in [3.63, 3.8) is 0 Å². The molecule has 0 spiro atoms. The van der Waals surface area contributed by atoms with Gasteiger partial charge in [-0.2, -0.15) is 4.98 Å². The van der Waals surface area contributed by atoms with Crippen LogP contribution in [0.4, 0.5) is 11.6 Å².